The van der Waals surface area contributed by atoms with Crippen LogP contribution in [0.5, 0.6) is 0 Å². The van der Waals surface area contributed by atoms with Crippen molar-refractivity contribution in [1.82, 2.24) is 4.90 Å². The van der Waals surface area contributed by atoms with E-state index in [0.29, 0.717) is 37.6 Å². The lowest BCUT2D eigenvalue weighted by atomic mass is 9.74. The van der Waals surface area contributed by atoms with E-state index in [1.54, 1.807) is 0 Å². The normalized spacial score (nSPS) is 21.1. The largest absolute Gasteiger partial charge is 0.466 e. The Labute approximate surface area is 155 Å². The molecule has 25 heavy (non-hydrogen) atoms. The molecule has 1 atom stereocenters. The summed E-state index contributed by atoms with van der Waals surface area (Å²) >= 11 is 6.11. The molecule has 0 saturated carbocycles. The van der Waals surface area contributed by atoms with Crippen LogP contribution in [0.4, 0.5) is 0 Å². The van der Waals surface area contributed by atoms with Crippen LogP contribution in [0.2, 0.25) is 5.02 Å². The summed E-state index contributed by atoms with van der Waals surface area (Å²) in [7, 11) is 0. The van der Waals surface area contributed by atoms with E-state index in [-0.39, 0.29) is 11.9 Å². The predicted octanol–water partition coefficient (Wildman–Crippen LogP) is 4.10. The van der Waals surface area contributed by atoms with E-state index in [1.165, 1.54) is 0 Å². The summed E-state index contributed by atoms with van der Waals surface area (Å²) in [6, 6.07) is 7.56. The van der Waals surface area contributed by atoms with E-state index in [9.17, 15) is 9.59 Å². The van der Waals surface area contributed by atoms with E-state index in [2.05, 4.69) is 0 Å². The quantitative estimate of drug-likeness (QED) is 0.754. The van der Waals surface area contributed by atoms with Crippen LogP contribution in [0, 0.1) is 10.8 Å². The van der Waals surface area contributed by atoms with E-state index < -0.39 is 10.8 Å². The Balaban J connectivity index is 2.31. The van der Waals surface area contributed by atoms with Crippen LogP contribution in [-0.4, -0.2) is 36.5 Å². The summed E-state index contributed by atoms with van der Waals surface area (Å²) in [4.78, 5) is 27.4. The zero-order valence-electron chi connectivity index (χ0n) is 15.6. The first kappa shape index (κ1) is 19.8. The van der Waals surface area contributed by atoms with Crippen LogP contribution >= 0.6 is 11.6 Å². The van der Waals surface area contributed by atoms with Crippen molar-refractivity contribution in [2.75, 3.05) is 19.7 Å². The highest BCUT2D eigenvalue weighted by molar-refractivity contribution is 6.30. The molecule has 0 bridgehead atoms. The number of benzene rings is 1. The molecule has 0 aliphatic carbocycles. The van der Waals surface area contributed by atoms with Crippen molar-refractivity contribution in [3.63, 3.8) is 0 Å². The molecule has 138 valence electrons. The molecule has 0 radical (unpaired) electrons. The molecule has 5 heteroatoms. The first-order valence-electron chi connectivity index (χ1n) is 8.89. The molecule has 1 aliphatic rings. The smallest absolute Gasteiger partial charge is 0.314 e. The second-order valence-electron chi connectivity index (χ2n) is 7.89. The molecule has 0 unspecified atom stereocenters. The summed E-state index contributed by atoms with van der Waals surface area (Å²) in [5.74, 6) is -0.145. The number of amides is 1. The molecule has 4 nitrogen and oxygen atoms in total. The van der Waals surface area contributed by atoms with E-state index in [0.717, 1.165) is 12.0 Å². The van der Waals surface area contributed by atoms with Gasteiger partial charge in [-0.25, -0.2) is 0 Å². The topological polar surface area (TPSA) is 46.6 Å². The first-order chi connectivity index (χ1) is 11.7. The third kappa shape index (κ3) is 4.75. The minimum atomic E-state index is -0.708. The maximum absolute atomic E-state index is 12.8. The maximum Gasteiger partial charge on any atom is 0.314 e. The first-order valence-corrected chi connectivity index (χ1v) is 9.27. The number of hydrogen-bond donors (Lipinski definition) is 0. The molecule has 1 aliphatic heterocycles. The Kier molecular flexibility index (Phi) is 6.15. The second kappa shape index (κ2) is 7.77. The van der Waals surface area contributed by atoms with Crippen molar-refractivity contribution in [1.29, 1.82) is 0 Å². The van der Waals surface area contributed by atoms with Gasteiger partial charge in [0.25, 0.3) is 0 Å². The Morgan fingerprint density at radius 3 is 2.64 bits per heavy atom. The van der Waals surface area contributed by atoms with Crippen molar-refractivity contribution in [3.05, 3.63) is 34.9 Å². The van der Waals surface area contributed by atoms with E-state index in [1.807, 2.05) is 56.9 Å². The number of nitrogens with zero attached hydrogens (tertiary/aromatic N) is 1. The Morgan fingerprint density at radius 2 is 2.04 bits per heavy atom. The van der Waals surface area contributed by atoms with Gasteiger partial charge in [-0.1, -0.05) is 44.5 Å². The molecule has 1 aromatic rings. The van der Waals surface area contributed by atoms with Gasteiger partial charge in [0, 0.05) is 23.5 Å². The SMILES string of the molecule is CCOC(=O)[C@@]1(Cc2cccc(Cl)c2)CCCN(C(=O)C(C)(C)C)C1. The van der Waals surface area contributed by atoms with Crippen molar-refractivity contribution >= 4 is 23.5 Å². The number of carbonyl (C=O) groups is 2. The summed E-state index contributed by atoms with van der Waals surface area (Å²) < 4.78 is 5.39. The number of hydrogen-bond acceptors (Lipinski definition) is 3. The van der Waals surface area contributed by atoms with Crippen molar-refractivity contribution in [3.8, 4) is 0 Å². The van der Waals surface area contributed by atoms with Gasteiger partial charge in [-0.3, -0.25) is 9.59 Å². The van der Waals surface area contributed by atoms with Crippen molar-refractivity contribution < 1.29 is 14.3 Å². The van der Waals surface area contributed by atoms with Crippen molar-refractivity contribution in [2.24, 2.45) is 10.8 Å². The number of likely N-dealkylation sites (tertiary alicyclic amines) is 1. The number of rotatable bonds is 4. The summed E-state index contributed by atoms with van der Waals surface area (Å²) in [6.45, 7) is 8.96. The number of halogens is 1. The molecule has 1 saturated heterocycles. The van der Waals surface area contributed by atoms with Gasteiger partial charge in [0.1, 0.15) is 0 Å². The lowest BCUT2D eigenvalue weighted by Crippen LogP contribution is -2.53. The van der Waals surface area contributed by atoms with Crippen LogP contribution < -0.4 is 0 Å². The average Bonchev–Trinajstić information content (AvgIpc) is 2.53. The van der Waals surface area contributed by atoms with E-state index in [4.69, 9.17) is 16.3 Å². The number of ether oxygens (including phenoxy) is 1. The third-order valence-corrected chi connectivity index (χ3v) is 4.88. The van der Waals surface area contributed by atoms with Gasteiger partial charge in [0.15, 0.2) is 0 Å². The van der Waals surface area contributed by atoms with Gasteiger partial charge in [-0.2, -0.15) is 0 Å². The molecule has 0 aromatic heterocycles. The zero-order valence-corrected chi connectivity index (χ0v) is 16.4. The minimum Gasteiger partial charge on any atom is -0.466 e. The Bertz CT molecular complexity index is 638. The highest BCUT2D eigenvalue weighted by atomic mass is 35.5. The van der Waals surface area contributed by atoms with Gasteiger partial charge in [0.2, 0.25) is 5.91 Å². The molecule has 1 heterocycles. The fraction of sp³-hybridized carbons (Fsp3) is 0.600. The van der Waals surface area contributed by atoms with Gasteiger partial charge in [-0.15, -0.1) is 0 Å². The minimum absolute atomic E-state index is 0.0759. The molecule has 1 fully saturated rings. The summed E-state index contributed by atoms with van der Waals surface area (Å²) in [5, 5.41) is 0.648. The molecule has 0 spiro atoms. The van der Waals surface area contributed by atoms with Crippen LogP contribution in [0.1, 0.15) is 46.1 Å². The predicted molar refractivity (Wildman–Crippen MR) is 99.5 cm³/mol. The van der Waals surface area contributed by atoms with Gasteiger partial charge in [-0.05, 0) is 43.9 Å². The van der Waals surface area contributed by atoms with Gasteiger partial charge < -0.3 is 9.64 Å². The maximum atomic E-state index is 12.8. The van der Waals surface area contributed by atoms with Gasteiger partial charge in [0.05, 0.1) is 12.0 Å². The second-order valence-corrected chi connectivity index (χ2v) is 8.32. The summed E-state index contributed by atoms with van der Waals surface area (Å²) in [6.07, 6.45) is 2.04. The molecule has 2 rings (SSSR count). The van der Waals surface area contributed by atoms with Crippen LogP contribution in [0.3, 0.4) is 0 Å². The lowest BCUT2D eigenvalue weighted by Gasteiger charge is -2.43. The fourth-order valence-corrected chi connectivity index (χ4v) is 3.70. The van der Waals surface area contributed by atoms with Crippen LogP contribution in [0.25, 0.3) is 0 Å². The third-order valence-electron chi connectivity index (χ3n) is 4.65. The highest BCUT2D eigenvalue weighted by Gasteiger charge is 2.46. The summed E-state index contributed by atoms with van der Waals surface area (Å²) in [5.41, 5.74) is -0.182. The standard InChI is InChI=1S/C20H28ClNO3/c1-5-25-18(24)20(13-15-8-6-9-16(21)12-15)10-7-11-22(14-20)17(23)19(2,3)4/h6,8-9,12H,5,7,10-11,13-14H2,1-4H3/t20-/m1/s1. The Hall–Kier alpha value is -1.55. The van der Waals surface area contributed by atoms with E-state index >= 15 is 0 Å². The van der Waals surface area contributed by atoms with Crippen molar-refractivity contribution in [2.45, 2.75) is 47.0 Å². The highest BCUT2D eigenvalue weighted by Crippen LogP contribution is 2.37. The number of carbonyl (C=O) groups excluding carboxylic acids is 2. The Morgan fingerprint density at radius 1 is 1.32 bits per heavy atom. The molecule has 1 amide bonds. The molecular weight excluding hydrogens is 338 g/mol. The average molecular weight is 366 g/mol. The lowest BCUT2D eigenvalue weighted by molar-refractivity contribution is -0.162. The number of piperidine rings is 1. The molecular formula is C20H28ClNO3. The molecule has 0 N–H and O–H groups in total. The fourth-order valence-electron chi connectivity index (χ4n) is 3.48. The monoisotopic (exact) mass is 365 g/mol. The number of esters is 1. The van der Waals surface area contributed by atoms with Crippen LogP contribution in [0.15, 0.2) is 24.3 Å². The molecule has 1 aromatic carbocycles. The van der Waals surface area contributed by atoms with Gasteiger partial charge >= 0.3 is 5.97 Å². The zero-order chi connectivity index (χ0) is 18.7. The van der Waals surface area contributed by atoms with Crippen LogP contribution in [-0.2, 0) is 20.7 Å².